The number of rotatable bonds is 7. The van der Waals surface area contributed by atoms with Crippen LogP contribution >= 0.6 is 11.8 Å². The fourth-order valence-electron chi connectivity index (χ4n) is 5.64. The number of thioether (sulfide) groups is 1. The van der Waals surface area contributed by atoms with Crippen LogP contribution in [0.5, 0.6) is 0 Å². The van der Waals surface area contributed by atoms with Crippen molar-refractivity contribution in [2.24, 2.45) is 0 Å². The van der Waals surface area contributed by atoms with E-state index >= 15 is 4.39 Å². The minimum Gasteiger partial charge on any atom is -0.373 e. The molecule has 0 spiro atoms. The first kappa shape index (κ1) is 26.1. The molecule has 0 bridgehead atoms. The van der Waals surface area contributed by atoms with Crippen LogP contribution in [0.3, 0.4) is 0 Å². The summed E-state index contributed by atoms with van der Waals surface area (Å²) in [6.45, 7) is 11.1. The Morgan fingerprint density at radius 3 is 2.49 bits per heavy atom. The van der Waals surface area contributed by atoms with E-state index in [1.165, 1.54) is 0 Å². The lowest BCUT2D eigenvalue weighted by Crippen LogP contribution is -2.47. The van der Waals surface area contributed by atoms with Crippen LogP contribution in [-0.4, -0.2) is 67.7 Å². The van der Waals surface area contributed by atoms with Gasteiger partial charge in [-0.1, -0.05) is 24.4 Å². The molecule has 37 heavy (non-hydrogen) atoms. The van der Waals surface area contributed by atoms with Crippen LogP contribution in [-0.2, 0) is 12.2 Å². The van der Waals surface area contributed by atoms with Crippen LogP contribution < -0.4 is 0 Å². The maximum absolute atomic E-state index is 16.1. The molecule has 0 amide bonds. The highest BCUT2D eigenvalue weighted by molar-refractivity contribution is 7.98. The number of aromatic nitrogens is 4. The quantitative estimate of drug-likeness (QED) is 0.357. The molecular weight excluding hydrogens is 490 g/mol. The molecule has 4 heterocycles. The molecule has 0 unspecified atom stereocenters. The number of allylic oxidation sites excluding steroid dienone is 1. The van der Waals surface area contributed by atoms with Gasteiger partial charge in [0.1, 0.15) is 5.67 Å². The first-order valence-electron chi connectivity index (χ1n) is 13.0. The fraction of sp³-hybridized carbons (Fsp3) is 0.536. The second kappa shape index (κ2) is 10.3. The highest BCUT2D eigenvalue weighted by Gasteiger charge is 2.40. The molecule has 9 heteroatoms. The lowest BCUT2D eigenvalue weighted by Gasteiger charge is -2.44. The summed E-state index contributed by atoms with van der Waals surface area (Å²) in [6, 6.07) is 7.96. The van der Waals surface area contributed by atoms with E-state index in [0.717, 1.165) is 54.2 Å². The zero-order valence-corrected chi connectivity index (χ0v) is 22.8. The Balaban J connectivity index is 1.22. The Morgan fingerprint density at radius 1 is 1.14 bits per heavy atom. The molecule has 0 saturated carbocycles. The third-order valence-electron chi connectivity index (χ3n) is 7.95. The van der Waals surface area contributed by atoms with Crippen LogP contribution in [0.1, 0.15) is 56.7 Å². The van der Waals surface area contributed by atoms with Crippen molar-refractivity contribution in [2.45, 2.75) is 68.6 Å². The molecular formula is C28H36F2N6S. The standard InChI is InChI=1S/C28H36F2N6S/c1-20(28(30)10-15-34(16-11-28)19-21-7-12-31-32-18-21)35-13-8-23(9-14-35)36-25-6-5-22(27(2,3)29)17-24(25)33-26(36)37-4/h5-7,12,17-18,23H,1,8-11,13-16,19H2,2-4H3. The highest BCUT2D eigenvalue weighted by Crippen LogP contribution is 2.39. The number of alkyl halides is 2. The van der Waals surface area contributed by atoms with Gasteiger partial charge in [-0.2, -0.15) is 10.2 Å². The second-order valence-corrected chi connectivity index (χ2v) is 11.6. The third kappa shape index (κ3) is 5.39. The van der Waals surface area contributed by atoms with Gasteiger partial charge in [-0.3, -0.25) is 4.90 Å². The van der Waals surface area contributed by atoms with Gasteiger partial charge >= 0.3 is 0 Å². The van der Waals surface area contributed by atoms with Crippen LogP contribution in [0.2, 0.25) is 0 Å². The number of nitrogens with zero attached hydrogens (tertiary/aromatic N) is 6. The van der Waals surface area contributed by atoms with Crippen molar-refractivity contribution in [2.75, 3.05) is 32.4 Å². The van der Waals surface area contributed by atoms with Crippen molar-refractivity contribution in [3.63, 3.8) is 0 Å². The Hall–Kier alpha value is -2.52. The Bertz CT molecular complexity index is 1240. The van der Waals surface area contributed by atoms with Gasteiger partial charge in [-0.15, -0.1) is 0 Å². The third-order valence-corrected chi connectivity index (χ3v) is 8.61. The zero-order valence-electron chi connectivity index (χ0n) is 22.0. The SMILES string of the molecule is C=C(N1CCC(n2c(SC)nc3cc(C(C)(C)F)ccc32)CC1)C1(F)CCN(Cc2ccnnc2)CC1. The monoisotopic (exact) mass is 526 g/mol. The van der Waals surface area contributed by atoms with E-state index in [9.17, 15) is 4.39 Å². The molecule has 3 aromatic rings. The number of hydrogen-bond acceptors (Lipinski definition) is 6. The van der Waals surface area contributed by atoms with E-state index in [4.69, 9.17) is 4.98 Å². The summed E-state index contributed by atoms with van der Waals surface area (Å²) >= 11 is 1.61. The predicted molar refractivity (Wildman–Crippen MR) is 145 cm³/mol. The number of hydrogen-bond donors (Lipinski definition) is 0. The Labute approximate surface area is 222 Å². The lowest BCUT2D eigenvalue weighted by molar-refractivity contribution is 0.0519. The van der Waals surface area contributed by atoms with Crippen LogP contribution in [0.4, 0.5) is 8.78 Å². The molecule has 0 aliphatic carbocycles. The summed E-state index contributed by atoms with van der Waals surface area (Å²) in [6.07, 6.45) is 8.20. The zero-order chi connectivity index (χ0) is 26.2. The minimum atomic E-state index is -1.40. The molecule has 2 aliphatic heterocycles. The van der Waals surface area contributed by atoms with Crippen molar-refractivity contribution in [3.8, 4) is 0 Å². The van der Waals surface area contributed by atoms with E-state index in [1.54, 1.807) is 38.0 Å². The summed E-state index contributed by atoms with van der Waals surface area (Å²) in [5, 5.41) is 8.71. The van der Waals surface area contributed by atoms with E-state index in [2.05, 4.69) is 31.1 Å². The minimum absolute atomic E-state index is 0.270. The average Bonchev–Trinajstić information content (AvgIpc) is 3.28. The van der Waals surface area contributed by atoms with Gasteiger partial charge in [0.25, 0.3) is 0 Å². The predicted octanol–water partition coefficient (Wildman–Crippen LogP) is 5.91. The molecule has 2 aliphatic rings. The molecule has 5 rings (SSSR count). The summed E-state index contributed by atoms with van der Waals surface area (Å²) in [5.74, 6) is 0. The van der Waals surface area contributed by atoms with Gasteiger partial charge in [0.15, 0.2) is 10.8 Å². The van der Waals surface area contributed by atoms with Gasteiger partial charge in [0.2, 0.25) is 0 Å². The molecule has 198 valence electrons. The van der Waals surface area contributed by atoms with Crippen LogP contribution in [0.15, 0.2) is 54.1 Å². The van der Waals surface area contributed by atoms with E-state index in [0.29, 0.717) is 37.2 Å². The number of likely N-dealkylation sites (tertiary alicyclic amines) is 2. The maximum Gasteiger partial charge on any atom is 0.169 e. The Morgan fingerprint density at radius 2 is 1.86 bits per heavy atom. The number of piperidine rings is 2. The molecule has 2 saturated heterocycles. The number of benzene rings is 1. The highest BCUT2D eigenvalue weighted by atomic mass is 32.2. The molecule has 0 radical (unpaired) electrons. The van der Waals surface area contributed by atoms with E-state index in [-0.39, 0.29) is 6.04 Å². The summed E-state index contributed by atoms with van der Waals surface area (Å²) < 4.78 is 32.9. The lowest BCUT2D eigenvalue weighted by atomic mass is 9.88. The Kier molecular flexibility index (Phi) is 7.29. The van der Waals surface area contributed by atoms with Crippen molar-refractivity contribution < 1.29 is 8.78 Å². The van der Waals surface area contributed by atoms with Crippen LogP contribution in [0, 0.1) is 0 Å². The van der Waals surface area contributed by atoms with Crippen molar-refractivity contribution in [1.29, 1.82) is 0 Å². The summed E-state index contributed by atoms with van der Waals surface area (Å²) in [4.78, 5) is 9.24. The number of fused-ring (bicyclic) bond motifs is 1. The van der Waals surface area contributed by atoms with E-state index < -0.39 is 11.3 Å². The molecule has 0 N–H and O–H groups in total. The van der Waals surface area contributed by atoms with Gasteiger partial charge in [0, 0.05) is 50.7 Å². The van der Waals surface area contributed by atoms with Crippen LogP contribution in [0.25, 0.3) is 11.0 Å². The smallest absolute Gasteiger partial charge is 0.169 e. The molecule has 2 fully saturated rings. The van der Waals surface area contributed by atoms with Crippen molar-refractivity contribution in [3.05, 3.63) is 60.1 Å². The van der Waals surface area contributed by atoms with Crippen molar-refractivity contribution in [1.82, 2.24) is 29.5 Å². The number of halogens is 2. The van der Waals surface area contributed by atoms with Gasteiger partial charge in [-0.05, 0) is 75.1 Å². The van der Waals surface area contributed by atoms with Gasteiger partial charge in [-0.25, -0.2) is 13.8 Å². The maximum atomic E-state index is 16.1. The average molecular weight is 527 g/mol. The normalized spacial score (nSPS) is 19.4. The topological polar surface area (TPSA) is 50.1 Å². The summed E-state index contributed by atoms with van der Waals surface area (Å²) in [5.41, 5.74) is 1.47. The fourth-order valence-corrected chi connectivity index (χ4v) is 6.28. The molecule has 1 aromatic carbocycles. The van der Waals surface area contributed by atoms with E-state index in [1.807, 2.05) is 30.5 Å². The first-order valence-corrected chi connectivity index (χ1v) is 14.3. The van der Waals surface area contributed by atoms with Crippen molar-refractivity contribution >= 4 is 22.8 Å². The van der Waals surface area contributed by atoms with Gasteiger partial charge in [0.05, 0.1) is 17.2 Å². The summed E-state index contributed by atoms with van der Waals surface area (Å²) in [7, 11) is 0. The second-order valence-electron chi connectivity index (χ2n) is 10.8. The molecule has 6 nitrogen and oxygen atoms in total. The molecule has 0 atom stereocenters. The first-order chi connectivity index (χ1) is 17.7. The van der Waals surface area contributed by atoms with Gasteiger partial charge < -0.3 is 9.47 Å². The largest absolute Gasteiger partial charge is 0.373 e. The molecule has 2 aromatic heterocycles. The number of imidazole rings is 1.